The van der Waals surface area contributed by atoms with Gasteiger partial charge in [-0.25, -0.2) is 0 Å². The molecule has 0 radical (unpaired) electrons. The van der Waals surface area contributed by atoms with Crippen LogP contribution in [0.2, 0.25) is 0 Å². The van der Waals surface area contributed by atoms with Crippen molar-refractivity contribution in [3.05, 3.63) is 84.1 Å². The van der Waals surface area contributed by atoms with E-state index in [2.05, 4.69) is 99.2 Å². The lowest BCUT2D eigenvalue weighted by molar-refractivity contribution is 1.11. The fourth-order valence-corrected chi connectivity index (χ4v) is 3.83. The molecular formula is C27H34N2. The van der Waals surface area contributed by atoms with Crippen LogP contribution in [0.3, 0.4) is 0 Å². The van der Waals surface area contributed by atoms with Crippen molar-refractivity contribution in [3.63, 3.8) is 0 Å². The van der Waals surface area contributed by atoms with Gasteiger partial charge in [0.05, 0.1) is 0 Å². The SMILES string of the molecule is C=CNc1ccc(N(C)/C(=C/CC)c2ccc(C)cc2)cc1/C(=C\CC)C1CC1. The number of benzene rings is 2. The Morgan fingerprint density at radius 3 is 2.34 bits per heavy atom. The zero-order chi connectivity index (χ0) is 20.8. The lowest BCUT2D eigenvalue weighted by atomic mass is 9.97. The highest BCUT2D eigenvalue weighted by molar-refractivity contribution is 5.85. The lowest BCUT2D eigenvalue weighted by Crippen LogP contribution is -2.16. The average molecular weight is 387 g/mol. The molecule has 1 fully saturated rings. The Labute approximate surface area is 176 Å². The summed E-state index contributed by atoms with van der Waals surface area (Å²) in [6.07, 6.45) is 11.1. The Morgan fingerprint density at radius 1 is 1.07 bits per heavy atom. The molecule has 2 heteroatoms. The third-order valence-corrected chi connectivity index (χ3v) is 5.51. The van der Waals surface area contributed by atoms with E-state index >= 15 is 0 Å². The summed E-state index contributed by atoms with van der Waals surface area (Å²) < 4.78 is 0. The molecule has 1 aliphatic carbocycles. The number of hydrogen-bond donors (Lipinski definition) is 1. The molecule has 0 atom stereocenters. The van der Waals surface area contributed by atoms with Gasteiger partial charge < -0.3 is 10.2 Å². The minimum Gasteiger partial charge on any atom is -0.362 e. The van der Waals surface area contributed by atoms with Crippen molar-refractivity contribution in [1.29, 1.82) is 0 Å². The summed E-state index contributed by atoms with van der Waals surface area (Å²) in [7, 11) is 2.17. The number of aryl methyl sites for hydroxylation is 1. The van der Waals surface area contributed by atoms with Gasteiger partial charge >= 0.3 is 0 Å². The molecule has 152 valence electrons. The van der Waals surface area contributed by atoms with Crippen LogP contribution in [-0.2, 0) is 0 Å². The molecule has 1 aliphatic rings. The Hall–Kier alpha value is -2.74. The smallest absolute Gasteiger partial charge is 0.0457 e. The fraction of sp³-hybridized carbons (Fsp3) is 0.333. The van der Waals surface area contributed by atoms with Crippen molar-refractivity contribution in [2.45, 2.75) is 46.5 Å². The number of anilines is 2. The predicted molar refractivity (Wildman–Crippen MR) is 129 cm³/mol. The minimum absolute atomic E-state index is 0.698. The number of nitrogens with zero attached hydrogens (tertiary/aromatic N) is 1. The molecule has 2 aromatic rings. The predicted octanol–water partition coefficient (Wildman–Crippen LogP) is 7.64. The highest BCUT2D eigenvalue weighted by atomic mass is 15.1. The van der Waals surface area contributed by atoms with Gasteiger partial charge in [0.1, 0.15) is 0 Å². The molecule has 29 heavy (non-hydrogen) atoms. The second-order valence-electron chi connectivity index (χ2n) is 7.84. The van der Waals surface area contributed by atoms with Gasteiger partial charge in [-0.05, 0) is 74.1 Å². The van der Waals surface area contributed by atoms with Crippen LogP contribution in [0.4, 0.5) is 11.4 Å². The van der Waals surface area contributed by atoms with Gasteiger partial charge in [0.2, 0.25) is 0 Å². The summed E-state index contributed by atoms with van der Waals surface area (Å²) >= 11 is 0. The van der Waals surface area contributed by atoms with E-state index in [1.807, 2.05) is 0 Å². The van der Waals surface area contributed by atoms with E-state index in [0.717, 1.165) is 18.5 Å². The Bertz CT molecular complexity index is 899. The molecule has 0 aliphatic heterocycles. The van der Waals surface area contributed by atoms with E-state index in [4.69, 9.17) is 0 Å². The van der Waals surface area contributed by atoms with Gasteiger partial charge in [-0.15, -0.1) is 0 Å². The molecule has 0 aromatic heterocycles. The molecule has 3 rings (SSSR count). The van der Waals surface area contributed by atoms with Gasteiger partial charge in [-0.2, -0.15) is 0 Å². The van der Waals surface area contributed by atoms with Crippen molar-refractivity contribution in [3.8, 4) is 0 Å². The molecular weight excluding hydrogens is 352 g/mol. The number of allylic oxidation sites excluding steroid dienone is 3. The summed E-state index contributed by atoms with van der Waals surface area (Å²) in [4.78, 5) is 2.31. The van der Waals surface area contributed by atoms with Crippen molar-refractivity contribution >= 4 is 22.6 Å². The molecule has 0 unspecified atom stereocenters. The van der Waals surface area contributed by atoms with E-state index in [9.17, 15) is 0 Å². The fourth-order valence-electron chi connectivity index (χ4n) is 3.83. The first-order chi connectivity index (χ1) is 14.1. The van der Waals surface area contributed by atoms with E-state index < -0.39 is 0 Å². The molecule has 0 spiro atoms. The molecule has 0 saturated heterocycles. The van der Waals surface area contributed by atoms with Crippen LogP contribution in [0, 0.1) is 12.8 Å². The standard InChI is InChI=1S/C27H34N2/c1-6-9-24(21-15-16-21)25-19-23(17-18-26(25)28-8-3)29(5)27(10-7-2)22-13-11-20(4)12-14-22/h8-14,17-19,21,28H,3,6-7,15-16H2,1-2,4-5H3/b24-9-,27-10+. The van der Waals surface area contributed by atoms with Gasteiger partial charge in [-0.1, -0.05) is 62.4 Å². The normalized spacial score (nSPS) is 14.6. The van der Waals surface area contributed by atoms with Crippen molar-refractivity contribution in [2.24, 2.45) is 5.92 Å². The molecule has 2 aromatic carbocycles. The van der Waals surface area contributed by atoms with Crippen molar-refractivity contribution in [1.82, 2.24) is 0 Å². The molecule has 1 N–H and O–H groups in total. The second kappa shape index (κ2) is 9.65. The third kappa shape index (κ3) is 5.00. The Kier molecular flexibility index (Phi) is 6.98. The third-order valence-electron chi connectivity index (χ3n) is 5.51. The van der Waals surface area contributed by atoms with E-state index in [0.29, 0.717) is 5.92 Å². The largest absolute Gasteiger partial charge is 0.362 e. The molecule has 0 amide bonds. The number of hydrogen-bond acceptors (Lipinski definition) is 2. The molecule has 0 bridgehead atoms. The van der Waals surface area contributed by atoms with Gasteiger partial charge in [0.25, 0.3) is 0 Å². The maximum Gasteiger partial charge on any atom is 0.0457 e. The van der Waals surface area contributed by atoms with Crippen LogP contribution in [0.5, 0.6) is 0 Å². The highest BCUT2D eigenvalue weighted by Crippen LogP contribution is 2.45. The summed E-state index contributed by atoms with van der Waals surface area (Å²) in [5, 5.41) is 3.35. The number of rotatable bonds is 9. The maximum absolute atomic E-state index is 3.87. The Balaban J connectivity index is 2.03. The van der Waals surface area contributed by atoms with Crippen molar-refractivity contribution in [2.75, 3.05) is 17.3 Å². The molecule has 1 saturated carbocycles. The summed E-state index contributed by atoms with van der Waals surface area (Å²) in [5.74, 6) is 0.698. The first-order valence-electron chi connectivity index (χ1n) is 10.8. The second-order valence-corrected chi connectivity index (χ2v) is 7.84. The van der Waals surface area contributed by atoms with E-state index in [-0.39, 0.29) is 0 Å². The summed E-state index contributed by atoms with van der Waals surface area (Å²) in [5.41, 5.74) is 8.91. The molecule has 2 nitrogen and oxygen atoms in total. The van der Waals surface area contributed by atoms with Gasteiger partial charge in [-0.3, -0.25) is 0 Å². The van der Waals surface area contributed by atoms with Crippen LogP contribution in [-0.4, -0.2) is 7.05 Å². The average Bonchev–Trinajstić information content (AvgIpc) is 3.56. The summed E-state index contributed by atoms with van der Waals surface area (Å²) in [6, 6.07) is 15.5. The van der Waals surface area contributed by atoms with Crippen LogP contribution >= 0.6 is 0 Å². The zero-order valence-corrected chi connectivity index (χ0v) is 18.3. The first-order valence-corrected chi connectivity index (χ1v) is 10.8. The van der Waals surface area contributed by atoms with Crippen LogP contribution in [0.15, 0.2) is 67.4 Å². The van der Waals surface area contributed by atoms with E-state index in [1.165, 1.54) is 46.5 Å². The first kappa shape index (κ1) is 21.0. The quantitative estimate of drug-likeness (QED) is 0.476. The molecule has 0 heterocycles. The Morgan fingerprint density at radius 2 is 1.76 bits per heavy atom. The van der Waals surface area contributed by atoms with Crippen LogP contribution < -0.4 is 10.2 Å². The van der Waals surface area contributed by atoms with Gasteiger partial charge in [0, 0.05) is 29.7 Å². The maximum atomic E-state index is 3.87. The lowest BCUT2D eigenvalue weighted by Gasteiger charge is -2.25. The van der Waals surface area contributed by atoms with Crippen LogP contribution in [0.1, 0.15) is 56.2 Å². The topological polar surface area (TPSA) is 15.3 Å². The minimum atomic E-state index is 0.698. The van der Waals surface area contributed by atoms with Crippen LogP contribution in [0.25, 0.3) is 11.3 Å². The van der Waals surface area contributed by atoms with Crippen molar-refractivity contribution < 1.29 is 0 Å². The van der Waals surface area contributed by atoms with E-state index in [1.54, 1.807) is 6.20 Å². The monoisotopic (exact) mass is 386 g/mol. The number of nitrogens with one attached hydrogen (secondary N) is 1. The van der Waals surface area contributed by atoms with Gasteiger partial charge in [0.15, 0.2) is 0 Å². The zero-order valence-electron chi connectivity index (χ0n) is 18.3. The summed E-state index contributed by atoms with van der Waals surface area (Å²) in [6.45, 7) is 10.4. The highest BCUT2D eigenvalue weighted by Gasteiger charge is 2.28.